The molecule has 30 heavy (non-hydrogen) atoms. The molecule has 1 N–H and O–H groups in total. The first-order valence-electron chi connectivity index (χ1n) is 10.4. The fraction of sp³-hybridized carbons (Fsp3) is 0.435. The molecule has 0 unspecified atom stereocenters. The average Bonchev–Trinajstić information content (AvgIpc) is 3.23. The van der Waals surface area contributed by atoms with Gasteiger partial charge in [-0.05, 0) is 54.0 Å². The van der Waals surface area contributed by atoms with Gasteiger partial charge >= 0.3 is 0 Å². The normalized spacial score (nSPS) is 15.2. The van der Waals surface area contributed by atoms with Gasteiger partial charge in [0, 0.05) is 24.3 Å². The highest BCUT2D eigenvalue weighted by Gasteiger charge is 2.30. The van der Waals surface area contributed by atoms with Crippen LogP contribution in [0.15, 0.2) is 41.3 Å². The summed E-state index contributed by atoms with van der Waals surface area (Å²) in [7, 11) is -3.72. The number of carbonyl (C=O) groups is 1. The third-order valence-corrected chi connectivity index (χ3v) is 7.87. The van der Waals surface area contributed by atoms with Crippen LogP contribution in [0.1, 0.15) is 73.9 Å². The van der Waals surface area contributed by atoms with Gasteiger partial charge in [-0.3, -0.25) is 4.79 Å². The topological polar surface area (TPSA) is 66.5 Å². The number of amides is 1. The van der Waals surface area contributed by atoms with E-state index < -0.39 is 10.0 Å². The van der Waals surface area contributed by atoms with E-state index in [0.717, 1.165) is 29.7 Å². The minimum Gasteiger partial charge on any atom is -0.321 e. The number of nitrogens with one attached hydrogen (secondary N) is 1. The first kappa shape index (κ1) is 22.8. The summed E-state index contributed by atoms with van der Waals surface area (Å²) in [4.78, 5) is 13.1. The summed E-state index contributed by atoms with van der Waals surface area (Å²) in [6, 6.07) is 10.5. The largest absolute Gasteiger partial charge is 0.321 e. The maximum atomic E-state index is 13.1. The van der Waals surface area contributed by atoms with Crippen molar-refractivity contribution < 1.29 is 13.2 Å². The molecule has 3 rings (SSSR count). The van der Waals surface area contributed by atoms with Crippen molar-refractivity contribution in [2.45, 2.75) is 57.3 Å². The molecule has 2 aromatic rings. The van der Waals surface area contributed by atoms with E-state index in [4.69, 9.17) is 11.6 Å². The summed E-state index contributed by atoms with van der Waals surface area (Å²) in [6.45, 7) is 9.29. The van der Waals surface area contributed by atoms with Crippen molar-refractivity contribution in [2.75, 3.05) is 18.4 Å². The van der Waals surface area contributed by atoms with Gasteiger partial charge in [-0.25, -0.2) is 8.42 Å². The van der Waals surface area contributed by atoms with E-state index >= 15 is 0 Å². The number of anilines is 1. The van der Waals surface area contributed by atoms with Crippen molar-refractivity contribution in [3.8, 4) is 0 Å². The summed E-state index contributed by atoms with van der Waals surface area (Å²) in [5, 5.41) is 3.16. The van der Waals surface area contributed by atoms with Crippen LogP contribution >= 0.6 is 11.6 Å². The van der Waals surface area contributed by atoms with Gasteiger partial charge in [0.05, 0.1) is 5.02 Å². The number of carbonyl (C=O) groups excluding carboxylic acids is 1. The van der Waals surface area contributed by atoms with E-state index in [9.17, 15) is 13.2 Å². The van der Waals surface area contributed by atoms with Crippen LogP contribution in [-0.2, 0) is 10.0 Å². The lowest BCUT2D eigenvalue weighted by atomic mass is 9.92. The van der Waals surface area contributed by atoms with Crippen LogP contribution in [-0.4, -0.2) is 31.7 Å². The molecule has 0 bridgehead atoms. The Labute approximate surface area is 184 Å². The van der Waals surface area contributed by atoms with Gasteiger partial charge in [0.1, 0.15) is 4.90 Å². The molecule has 0 saturated carbocycles. The summed E-state index contributed by atoms with van der Waals surface area (Å²) in [6.07, 6.45) is 1.67. The molecule has 0 aliphatic carbocycles. The number of nitrogens with zero attached hydrogens (tertiary/aromatic N) is 1. The second-order valence-electron chi connectivity index (χ2n) is 8.33. The number of hydrogen-bond donors (Lipinski definition) is 1. The van der Waals surface area contributed by atoms with Crippen LogP contribution in [0.5, 0.6) is 0 Å². The van der Waals surface area contributed by atoms with E-state index in [1.165, 1.54) is 16.4 Å². The third-order valence-electron chi connectivity index (χ3n) is 5.49. The van der Waals surface area contributed by atoms with Gasteiger partial charge < -0.3 is 5.32 Å². The Balaban J connectivity index is 1.98. The number of benzene rings is 2. The molecule has 162 valence electrons. The van der Waals surface area contributed by atoms with Crippen molar-refractivity contribution in [1.29, 1.82) is 0 Å². The van der Waals surface area contributed by atoms with Crippen LogP contribution in [0.2, 0.25) is 5.02 Å². The summed E-state index contributed by atoms with van der Waals surface area (Å²) >= 11 is 6.22. The van der Waals surface area contributed by atoms with Crippen LogP contribution in [0.4, 0.5) is 5.69 Å². The quantitative estimate of drug-likeness (QED) is 0.623. The highest BCUT2D eigenvalue weighted by molar-refractivity contribution is 7.89. The number of halogens is 1. The van der Waals surface area contributed by atoms with Gasteiger partial charge in [-0.15, -0.1) is 0 Å². The summed E-state index contributed by atoms with van der Waals surface area (Å²) < 4.78 is 27.4. The highest BCUT2D eigenvalue weighted by Crippen LogP contribution is 2.33. The van der Waals surface area contributed by atoms with Crippen molar-refractivity contribution in [1.82, 2.24) is 4.31 Å². The minimum absolute atomic E-state index is 0.0139. The molecule has 0 aromatic heterocycles. The molecule has 1 aliphatic heterocycles. The minimum atomic E-state index is -3.72. The molecule has 5 nitrogen and oxygen atoms in total. The maximum absolute atomic E-state index is 13.1. The van der Waals surface area contributed by atoms with Gasteiger partial charge in [-0.1, -0.05) is 57.5 Å². The monoisotopic (exact) mass is 448 g/mol. The molecule has 2 aromatic carbocycles. The maximum Gasteiger partial charge on any atom is 0.255 e. The Hall–Kier alpha value is -1.89. The second-order valence-corrected chi connectivity index (χ2v) is 10.6. The first-order valence-corrected chi connectivity index (χ1v) is 12.2. The molecule has 1 amide bonds. The second kappa shape index (κ2) is 9.08. The van der Waals surface area contributed by atoms with Crippen LogP contribution in [0, 0.1) is 0 Å². The first-order chi connectivity index (χ1) is 14.1. The van der Waals surface area contributed by atoms with Crippen molar-refractivity contribution >= 4 is 33.2 Å². The molecule has 0 radical (unpaired) electrons. The lowest BCUT2D eigenvalue weighted by molar-refractivity contribution is 0.102. The molecule has 1 heterocycles. The van der Waals surface area contributed by atoms with Gasteiger partial charge in [0.2, 0.25) is 10.0 Å². The fourth-order valence-electron chi connectivity index (χ4n) is 3.79. The smallest absolute Gasteiger partial charge is 0.255 e. The summed E-state index contributed by atoms with van der Waals surface area (Å²) in [5.41, 5.74) is 3.17. The predicted molar refractivity (Wildman–Crippen MR) is 122 cm³/mol. The lowest BCUT2D eigenvalue weighted by Gasteiger charge is -2.21. The molecule has 1 aliphatic rings. The molecule has 1 fully saturated rings. The molecule has 0 atom stereocenters. The standard InChI is InChI=1S/C23H29ClN2O3S/c1-15(2)18-8-7-9-19(16(3)4)22(18)25-23(27)17-10-11-20(24)21(14-17)30(28,29)26-12-5-6-13-26/h7-11,14-16H,5-6,12-13H2,1-4H3,(H,25,27). The Morgan fingerprint density at radius 1 is 1.00 bits per heavy atom. The van der Waals surface area contributed by atoms with E-state index in [2.05, 4.69) is 33.0 Å². The van der Waals surface area contributed by atoms with Crippen LogP contribution in [0.25, 0.3) is 0 Å². The van der Waals surface area contributed by atoms with Crippen LogP contribution < -0.4 is 5.32 Å². The zero-order valence-electron chi connectivity index (χ0n) is 17.9. The lowest BCUT2D eigenvalue weighted by Crippen LogP contribution is -2.28. The number of sulfonamides is 1. The number of hydrogen-bond acceptors (Lipinski definition) is 3. The molecule has 7 heteroatoms. The van der Waals surface area contributed by atoms with Gasteiger partial charge in [0.15, 0.2) is 0 Å². The van der Waals surface area contributed by atoms with E-state index in [-0.39, 0.29) is 33.2 Å². The zero-order valence-corrected chi connectivity index (χ0v) is 19.5. The SMILES string of the molecule is CC(C)c1cccc(C(C)C)c1NC(=O)c1ccc(Cl)c(S(=O)(=O)N2CCCC2)c1. The Morgan fingerprint density at radius 3 is 2.10 bits per heavy atom. The van der Waals surface area contributed by atoms with Gasteiger partial charge in [0.25, 0.3) is 5.91 Å². The predicted octanol–water partition coefficient (Wildman–Crippen LogP) is 5.62. The number of para-hydroxylation sites is 1. The number of rotatable bonds is 6. The van der Waals surface area contributed by atoms with E-state index in [1.807, 2.05) is 18.2 Å². The van der Waals surface area contributed by atoms with E-state index in [1.54, 1.807) is 6.07 Å². The average molecular weight is 449 g/mol. The van der Waals surface area contributed by atoms with Crippen molar-refractivity contribution in [2.24, 2.45) is 0 Å². The van der Waals surface area contributed by atoms with Crippen molar-refractivity contribution in [3.63, 3.8) is 0 Å². The van der Waals surface area contributed by atoms with Crippen LogP contribution in [0.3, 0.4) is 0 Å². The molecular weight excluding hydrogens is 420 g/mol. The molecule has 0 spiro atoms. The van der Waals surface area contributed by atoms with E-state index in [0.29, 0.717) is 13.1 Å². The third kappa shape index (κ3) is 4.56. The summed E-state index contributed by atoms with van der Waals surface area (Å²) in [5.74, 6) is 0.116. The Kier molecular flexibility index (Phi) is 6.90. The Morgan fingerprint density at radius 2 is 1.57 bits per heavy atom. The highest BCUT2D eigenvalue weighted by atomic mass is 35.5. The fourth-order valence-corrected chi connectivity index (χ4v) is 5.81. The van der Waals surface area contributed by atoms with Gasteiger partial charge in [-0.2, -0.15) is 4.31 Å². The van der Waals surface area contributed by atoms with Crippen molar-refractivity contribution in [3.05, 3.63) is 58.1 Å². The zero-order chi connectivity index (χ0) is 22.1. The molecule has 1 saturated heterocycles. The Bertz CT molecular complexity index is 1020. The molecular formula is C23H29ClN2O3S.